The number of hydrogen-bond donors (Lipinski definition) is 2. The molecule has 1 fully saturated rings. The lowest BCUT2D eigenvalue weighted by atomic mass is 9.88. The van der Waals surface area contributed by atoms with E-state index >= 15 is 0 Å². The summed E-state index contributed by atoms with van der Waals surface area (Å²) in [6.45, 7) is 2.92. The van der Waals surface area contributed by atoms with Crippen molar-refractivity contribution >= 4 is 29.1 Å². The molecule has 1 atom stereocenters. The average molecular weight is 343 g/mol. The van der Waals surface area contributed by atoms with Crippen molar-refractivity contribution in [3.63, 3.8) is 0 Å². The smallest absolute Gasteiger partial charge is 0.234 e. The molecule has 0 radical (unpaired) electrons. The number of imide groups is 1. The summed E-state index contributed by atoms with van der Waals surface area (Å²) in [5.41, 5.74) is 3.71. The molecule has 0 spiro atoms. The van der Waals surface area contributed by atoms with Crippen molar-refractivity contribution in [2.45, 2.75) is 25.7 Å². The fourth-order valence-electron chi connectivity index (χ4n) is 3.00. The molecule has 24 heavy (non-hydrogen) atoms. The zero-order chi connectivity index (χ0) is 17.1. The highest BCUT2D eigenvalue weighted by Crippen LogP contribution is 2.37. The van der Waals surface area contributed by atoms with Crippen molar-refractivity contribution in [1.29, 1.82) is 0 Å². The molecule has 1 saturated heterocycles. The highest BCUT2D eigenvalue weighted by atomic mass is 35.5. The van der Waals surface area contributed by atoms with Crippen LogP contribution < -0.4 is 10.6 Å². The molecule has 3 rings (SSSR count). The summed E-state index contributed by atoms with van der Waals surface area (Å²) in [6.07, 6.45) is 0.835. The van der Waals surface area contributed by atoms with Gasteiger partial charge in [0, 0.05) is 24.2 Å². The molecule has 1 heterocycles. The normalized spacial score (nSPS) is 17.5. The van der Waals surface area contributed by atoms with Crippen LogP contribution in [0, 0.1) is 0 Å². The van der Waals surface area contributed by atoms with E-state index in [9.17, 15) is 9.59 Å². The summed E-state index contributed by atoms with van der Waals surface area (Å²) in [7, 11) is 0. The maximum absolute atomic E-state index is 12.1. The molecule has 0 unspecified atom stereocenters. The molecule has 0 bridgehead atoms. The number of anilines is 1. The molecular formula is C19H19ClN2O2. The van der Waals surface area contributed by atoms with Crippen molar-refractivity contribution in [2.24, 2.45) is 0 Å². The third kappa shape index (κ3) is 3.29. The van der Waals surface area contributed by atoms with Gasteiger partial charge in [-0.1, -0.05) is 41.9 Å². The van der Waals surface area contributed by atoms with E-state index in [2.05, 4.69) is 10.6 Å². The van der Waals surface area contributed by atoms with Gasteiger partial charge in [-0.05, 0) is 36.6 Å². The number of amides is 2. The van der Waals surface area contributed by atoms with Crippen molar-refractivity contribution in [2.75, 3.05) is 11.9 Å². The molecule has 2 amide bonds. The first-order valence-electron chi connectivity index (χ1n) is 8.06. The summed E-state index contributed by atoms with van der Waals surface area (Å²) in [5.74, 6) is -0.869. The van der Waals surface area contributed by atoms with Gasteiger partial charge in [-0.3, -0.25) is 14.9 Å². The lowest BCUT2D eigenvalue weighted by Crippen LogP contribution is -2.39. The fraction of sp³-hybridized carbons (Fsp3) is 0.263. The molecule has 2 aromatic rings. The van der Waals surface area contributed by atoms with Crippen LogP contribution in [-0.2, 0) is 9.59 Å². The number of hydrogen-bond acceptors (Lipinski definition) is 3. The molecule has 0 saturated carbocycles. The van der Waals surface area contributed by atoms with Crippen LogP contribution >= 0.6 is 11.6 Å². The third-order valence-corrected chi connectivity index (χ3v) is 4.64. The van der Waals surface area contributed by atoms with Gasteiger partial charge < -0.3 is 5.32 Å². The van der Waals surface area contributed by atoms with Gasteiger partial charge in [0.1, 0.15) is 0 Å². The molecule has 0 aliphatic carbocycles. The van der Waals surface area contributed by atoms with Crippen molar-refractivity contribution in [3.05, 3.63) is 53.1 Å². The van der Waals surface area contributed by atoms with E-state index in [1.165, 1.54) is 0 Å². The van der Waals surface area contributed by atoms with E-state index in [0.29, 0.717) is 17.9 Å². The molecule has 4 nitrogen and oxygen atoms in total. The first kappa shape index (κ1) is 16.5. The molecule has 1 aliphatic heterocycles. The third-order valence-electron chi connectivity index (χ3n) is 4.22. The quantitative estimate of drug-likeness (QED) is 0.827. The Morgan fingerprint density at radius 1 is 1.17 bits per heavy atom. The maximum Gasteiger partial charge on any atom is 0.234 e. The van der Waals surface area contributed by atoms with Gasteiger partial charge in [0.2, 0.25) is 11.8 Å². The van der Waals surface area contributed by atoms with Gasteiger partial charge in [0.05, 0.1) is 10.9 Å². The SMILES string of the molecule is CCNc1ccc(-c2cccc([C@@H]3CCC(=O)NC3=O)c2Cl)cc1. The van der Waals surface area contributed by atoms with E-state index in [4.69, 9.17) is 11.6 Å². The Hall–Kier alpha value is -2.33. The van der Waals surface area contributed by atoms with Gasteiger partial charge in [-0.15, -0.1) is 0 Å². The van der Waals surface area contributed by atoms with Crippen LogP contribution in [0.4, 0.5) is 5.69 Å². The van der Waals surface area contributed by atoms with Crippen LogP contribution in [0.3, 0.4) is 0 Å². The predicted octanol–water partition coefficient (Wildman–Crippen LogP) is 3.96. The van der Waals surface area contributed by atoms with Gasteiger partial charge in [-0.2, -0.15) is 0 Å². The topological polar surface area (TPSA) is 58.2 Å². The predicted molar refractivity (Wildman–Crippen MR) is 96.2 cm³/mol. The lowest BCUT2D eigenvalue weighted by Gasteiger charge is -2.23. The Balaban J connectivity index is 1.93. The number of benzene rings is 2. The molecular weight excluding hydrogens is 324 g/mol. The van der Waals surface area contributed by atoms with Crippen LogP contribution in [0.1, 0.15) is 31.2 Å². The molecule has 1 aliphatic rings. The standard InChI is InChI=1S/C19H19ClN2O2/c1-2-21-13-8-6-12(7-9-13)14-4-3-5-15(18(14)20)16-10-11-17(23)22-19(16)24/h3-9,16,21H,2,10-11H2,1H3,(H,22,23,24)/t16-/m0/s1. The molecule has 124 valence electrons. The fourth-order valence-corrected chi connectivity index (χ4v) is 3.37. The zero-order valence-corrected chi connectivity index (χ0v) is 14.2. The number of carbonyl (C=O) groups excluding carboxylic acids is 2. The summed E-state index contributed by atoms with van der Waals surface area (Å²) >= 11 is 6.60. The second kappa shape index (κ2) is 7.05. The van der Waals surface area contributed by atoms with Crippen molar-refractivity contribution in [3.8, 4) is 11.1 Å². The van der Waals surface area contributed by atoms with Crippen LogP contribution in [-0.4, -0.2) is 18.4 Å². The molecule has 0 aromatic heterocycles. The summed E-state index contributed by atoms with van der Waals surface area (Å²) in [5, 5.41) is 6.22. The first-order chi connectivity index (χ1) is 11.6. The van der Waals surface area contributed by atoms with Gasteiger partial charge in [0.15, 0.2) is 0 Å². The largest absolute Gasteiger partial charge is 0.385 e. The second-order valence-electron chi connectivity index (χ2n) is 5.82. The number of rotatable bonds is 4. The van der Waals surface area contributed by atoms with Gasteiger partial charge in [-0.25, -0.2) is 0 Å². The Kier molecular flexibility index (Phi) is 4.86. The number of carbonyl (C=O) groups is 2. The van der Waals surface area contributed by atoms with E-state index in [1.807, 2.05) is 49.4 Å². The Bertz CT molecular complexity index is 771. The molecule has 2 N–H and O–H groups in total. The molecule has 2 aromatic carbocycles. The first-order valence-corrected chi connectivity index (χ1v) is 8.44. The second-order valence-corrected chi connectivity index (χ2v) is 6.20. The minimum absolute atomic E-state index is 0.220. The highest BCUT2D eigenvalue weighted by Gasteiger charge is 2.30. The van der Waals surface area contributed by atoms with Crippen molar-refractivity contribution in [1.82, 2.24) is 5.32 Å². The van der Waals surface area contributed by atoms with E-state index in [-0.39, 0.29) is 17.7 Å². The highest BCUT2D eigenvalue weighted by molar-refractivity contribution is 6.34. The summed E-state index contributed by atoms with van der Waals surface area (Å²) in [4.78, 5) is 23.5. The zero-order valence-electron chi connectivity index (χ0n) is 13.4. The van der Waals surface area contributed by atoms with Crippen LogP contribution in [0.25, 0.3) is 11.1 Å². The maximum atomic E-state index is 12.1. The van der Waals surface area contributed by atoms with Crippen LogP contribution in [0.5, 0.6) is 0 Å². The number of halogens is 1. The number of piperidine rings is 1. The summed E-state index contributed by atoms with van der Waals surface area (Å²) in [6, 6.07) is 13.7. The Morgan fingerprint density at radius 3 is 2.58 bits per heavy atom. The van der Waals surface area contributed by atoms with E-state index < -0.39 is 0 Å². The van der Waals surface area contributed by atoms with E-state index in [1.54, 1.807) is 0 Å². The minimum Gasteiger partial charge on any atom is -0.385 e. The van der Waals surface area contributed by atoms with Crippen LogP contribution in [0.15, 0.2) is 42.5 Å². The van der Waals surface area contributed by atoms with Crippen molar-refractivity contribution < 1.29 is 9.59 Å². The minimum atomic E-state index is -0.379. The molecule has 5 heteroatoms. The average Bonchev–Trinajstić information content (AvgIpc) is 2.57. The summed E-state index contributed by atoms with van der Waals surface area (Å²) < 4.78 is 0. The Morgan fingerprint density at radius 2 is 1.92 bits per heavy atom. The van der Waals surface area contributed by atoms with Crippen LogP contribution in [0.2, 0.25) is 5.02 Å². The van der Waals surface area contributed by atoms with Gasteiger partial charge >= 0.3 is 0 Å². The Labute approximate surface area is 146 Å². The number of nitrogens with one attached hydrogen (secondary N) is 2. The van der Waals surface area contributed by atoms with Gasteiger partial charge in [0.25, 0.3) is 0 Å². The van der Waals surface area contributed by atoms with E-state index in [0.717, 1.165) is 28.9 Å². The lowest BCUT2D eigenvalue weighted by molar-refractivity contribution is -0.134. The monoisotopic (exact) mass is 342 g/mol.